The van der Waals surface area contributed by atoms with Gasteiger partial charge in [-0.25, -0.2) is 0 Å². The number of benzene rings is 2. The minimum atomic E-state index is -0.139. The van der Waals surface area contributed by atoms with Crippen molar-refractivity contribution >= 4 is 33.6 Å². The van der Waals surface area contributed by atoms with Crippen LogP contribution in [0.3, 0.4) is 0 Å². The number of carbonyl (C=O) groups excluding carboxylic acids is 1. The number of para-hydroxylation sites is 1. The van der Waals surface area contributed by atoms with Crippen LogP contribution < -0.4 is 5.32 Å². The molecule has 0 saturated heterocycles. The summed E-state index contributed by atoms with van der Waals surface area (Å²) in [4.78, 5) is 12.4. The topological polar surface area (TPSA) is 29.1 Å². The van der Waals surface area contributed by atoms with Crippen LogP contribution in [0, 0.1) is 6.92 Å². The van der Waals surface area contributed by atoms with Crippen molar-refractivity contribution in [2.45, 2.75) is 26.7 Å². The predicted octanol–water partition coefficient (Wildman–Crippen LogP) is 5.49. The maximum absolute atomic E-state index is 12.4. The van der Waals surface area contributed by atoms with Gasteiger partial charge in [0.2, 0.25) is 0 Å². The fourth-order valence-corrected chi connectivity index (χ4v) is 2.64. The number of hydrogen-bond donors (Lipinski definition) is 1. The number of aryl methyl sites for hydroxylation is 1. The molecule has 1 amide bonds. The van der Waals surface area contributed by atoms with E-state index in [1.54, 1.807) is 0 Å². The zero-order valence-electron chi connectivity index (χ0n) is 13.1. The molecule has 2 aromatic carbocycles. The number of amides is 1. The quantitative estimate of drug-likeness (QED) is 0.719. The third-order valence-electron chi connectivity index (χ3n) is 3.48. The highest BCUT2D eigenvalue weighted by Gasteiger charge is 2.13. The number of carbonyl (C=O) groups is 1. The molecule has 0 aliphatic carbocycles. The van der Waals surface area contributed by atoms with Crippen LogP contribution in [0.15, 0.2) is 53.0 Å². The first-order valence-corrected chi connectivity index (χ1v) is 8.11. The molecule has 0 fully saturated rings. The molecule has 2 aromatic rings. The van der Waals surface area contributed by atoms with Crippen molar-refractivity contribution in [3.63, 3.8) is 0 Å². The van der Waals surface area contributed by atoms with Gasteiger partial charge in [0.25, 0.3) is 5.91 Å². The van der Waals surface area contributed by atoms with E-state index >= 15 is 0 Å². The molecule has 114 valence electrons. The second-order valence-electron chi connectivity index (χ2n) is 5.55. The van der Waals surface area contributed by atoms with Crippen molar-refractivity contribution in [2.24, 2.45) is 0 Å². The molecule has 0 bridgehead atoms. The fourth-order valence-electron chi connectivity index (χ4n) is 2.28. The molecule has 3 heteroatoms. The van der Waals surface area contributed by atoms with Crippen LogP contribution in [0.1, 0.15) is 36.5 Å². The lowest BCUT2D eigenvalue weighted by Crippen LogP contribution is -2.14. The third-order valence-corrected chi connectivity index (χ3v) is 4.06. The fraction of sp³-hybridized carbons (Fsp3) is 0.211. The molecule has 0 spiro atoms. The van der Waals surface area contributed by atoms with E-state index in [1.165, 1.54) is 0 Å². The molecule has 0 aliphatic heterocycles. The van der Waals surface area contributed by atoms with Gasteiger partial charge in [-0.15, -0.1) is 0 Å². The first kappa shape index (κ1) is 16.5. The van der Waals surface area contributed by atoms with Gasteiger partial charge < -0.3 is 5.32 Å². The zero-order chi connectivity index (χ0) is 16.1. The minimum Gasteiger partial charge on any atom is -0.321 e. The Kier molecular flexibility index (Phi) is 5.56. The Balaban J connectivity index is 2.24. The highest BCUT2D eigenvalue weighted by atomic mass is 79.9. The van der Waals surface area contributed by atoms with Gasteiger partial charge in [0, 0.05) is 5.69 Å². The van der Waals surface area contributed by atoms with E-state index in [1.807, 2.05) is 55.5 Å². The Labute approximate surface area is 140 Å². The highest BCUT2D eigenvalue weighted by molar-refractivity contribution is 9.12. The van der Waals surface area contributed by atoms with E-state index in [-0.39, 0.29) is 5.91 Å². The summed E-state index contributed by atoms with van der Waals surface area (Å²) in [5.74, 6) is 0.215. The number of nitrogens with one attached hydrogen (secondary N) is 1. The van der Waals surface area contributed by atoms with Gasteiger partial charge in [0.05, 0.1) is 4.48 Å². The first-order valence-electron chi connectivity index (χ1n) is 7.32. The molecule has 0 radical (unpaired) electrons. The zero-order valence-corrected chi connectivity index (χ0v) is 14.6. The minimum absolute atomic E-state index is 0.139. The van der Waals surface area contributed by atoms with Crippen molar-refractivity contribution < 1.29 is 4.79 Å². The lowest BCUT2D eigenvalue weighted by Gasteiger charge is -2.16. The van der Waals surface area contributed by atoms with E-state index in [4.69, 9.17) is 0 Å². The summed E-state index contributed by atoms with van der Waals surface area (Å²) in [7, 11) is 0. The summed E-state index contributed by atoms with van der Waals surface area (Å²) in [5.41, 5.74) is 4.10. The summed E-state index contributed by atoms with van der Waals surface area (Å²) in [5, 5.41) is 3.03. The molecule has 0 atom stereocenters. The van der Waals surface area contributed by atoms with Gasteiger partial charge in [-0.2, -0.15) is 0 Å². The van der Waals surface area contributed by atoms with E-state index < -0.39 is 0 Å². The molecule has 2 nitrogen and oxygen atoms in total. The molecule has 0 unspecified atom stereocenters. The van der Waals surface area contributed by atoms with Gasteiger partial charge in [-0.1, -0.05) is 62.4 Å². The van der Waals surface area contributed by atoms with Crippen LogP contribution in [-0.4, -0.2) is 5.91 Å². The molecule has 0 aliphatic rings. The predicted molar refractivity (Wildman–Crippen MR) is 97.2 cm³/mol. The molecule has 0 heterocycles. The van der Waals surface area contributed by atoms with Crippen LogP contribution in [0.5, 0.6) is 0 Å². The van der Waals surface area contributed by atoms with Crippen molar-refractivity contribution in [1.82, 2.24) is 0 Å². The largest absolute Gasteiger partial charge is 0.321 e. The normalized spacial score (nSPS) is 11.6. The van der Waals surface area contributed by atoms with Crippen molar-refractivity contribution in [3.8, 4) is 0 Å². The van der Waals surface area contributed by atoms with Gasteiger partial charge in [-0.05, 0) is 51.5 Å². The summed E-state index contributed by atoms with van der Waals surface area (Å²) in [6.45, 7) is 6.26. The number of anilines is 1. The highest BCUT2D eigenvalue weighted by Crippen LogP contribution is 2.28. The second-order valence-corrected chi connectivity index (χ2v) is 6.41. The molecule has 1 N–H and O–H groups in total. The molecular formula is C19H20BrNO. The van der Waals surface area contributed by atoms with E-state index in [9.17, 15) is 4.79 Å². The molecule has 2 rings (SSSR count). The Morgan fingerprint density at radius 1 is 1.09 bits per heavy atom. The van der Waals surface area contributed by atoms with Crippen LogP contribution in [-0.2, 0) is 4.79 Å². The average molecular weight is 358 g/mol. The van der Waals surface area contributed by atoms with Gasteiger partial charge in [-0.3, -0.25) is 4.79 Å². The number of rotatable bonds is 4. The van der Waals surface area contributed by atoms with E-state index in [0.717, 1.165) is 22.4 Å². The average Bonchev–Trinajstić information content (AvgIpc) is 2.49. The monoisotopic (exact) mass is 357 g/mol. The van der Waals surface area contributed by atoms with Crippen LogP contribution >= 0.6 is 15.9 Å². The Morgan fingerprint density at radius 3 is 2.41 bits per heavy atom. The summed E-state index contributed by atoms with van der Waals surface area (Å²) >= 11 is 3.37. The molecule has 0 aromatic heterocycles. The van der Waals surface area contributed by atoms with Gasteiger partial charge >= 0.3 is 0 Å². The second kappa shape index (κ2) is 7.41. The lowest BCUT2D eigenvalue weighted by atomic mass is 9.98. The van der Waals surface area contributed by atoms with Gasteiger partial charge in [0.15, 0.2) is 0 Å². The van der Waals surface area contributed by atoms with Gasteiger partial charge in [0.1, 0.15) is 0 Å². The molecule has 0 saturated carbocycles. The first-order chi connectivity index (χ1) is 10.5. The Bertz CT molecular complexity index is 690. The Hall–Kier alpha value is -1.87. The van der Waals surface area contributed by atoms with E-state index in [0.29, 0.717) is 10.4 Å². The lowest BCUT2D eigenvalue weighted by molar-refractivity contribution is -0.112. The van der Waals surface area contributed by atoms with Crippen LogP contribution in [0.4, 0.5) is 5.69 Å². The maximum Gasteiger partial charge on any atom is 0.262 e. The number of hydrogen-bond acceptors (Lipinski definition) is 1. The summed E-state index contributed by atoms with van der Waals surface area (Å²) in [6, 6.07) is 15.9. The molecule has 22 heavy (non-hydrogen) atoms. The van der Waals surface area contributed by atoms with Crippen LogP contribution in [0.2, 0.25) is 0 Å². The summed E-state index contributed by atoms with van der Waals surface area (Å²) < 4.78 is 0.511. The Morgan fingerprint density at radius 2 is 1.77 bits per heavy atom. The standard InChI is InChI=1S/C19H20BrNO/c1-13(2)16-11-7-8-14(3)18(16)21-19(22)17(20)12-15-9-5-4-6-10-15/h4-13H,1-3H3,(H,21,22)/b17-12-. The van der Waals surface area contributed by atoms with E-state index in [2.05, 4.69) is 41.2 Å². The van der Waals surface area contributed by atoms with Crippen molar-refractivity contribution in [3.05, 3.63) is 69.7 Å². The number of halogens is 1. The summed E-state index contributed by atoms with van der Waals surface area (Å²) in [6.07, 6.45) is 1.82. The van der Waals surface area contributed by atoms with Crippen LogP contribution in [0.25, 0.3) is 6.08 Å². The molecular weight excluding hydrogens is 338 g/mol. The third kappa shape index (κ3) is 4.08. The smallest absolute Gasteiger partial charge is 0.262 e. The SMILES string of the molecule is Cc1cccc(C(C)C)c1NC(=O)/C(Br)=C/c1ccccc1. The maximum atomic E-state index is 12.4. The van der Waals surface area contributed by atoms with Crippen molar-refractivity contribution in [1.29, 1.82) is 0 Å². The van der Waals surface area contributed by atoms with Crippen molar-refractivity contribution in [2.75, 3.05) is 5.32 Å².